The van der Waals surface area contributed by atoms with E-state index in [0.717, 1.165) is 12.2 Å². The molecule has 6 heteroatoms. The first-order chi connectivity index (χ1) is 12.1. The minimum Gasteiger partial charge on any atom is -0.457 e. The summed E-state index contributed by atoms with van der Waals surface area (Å²) in [5.41, 5.74) is 7.53. The summed E-state index contributed by atoms with van der Waals surface area (Å²) in [6.45, 7) is 0.870. The fourth-order valence-corrected chi connectivity index (χ4v) is 2.18. The Labute approximate surface area is 147 Å². The Morgan fingerprint density at radius 2 is 1.60 bits per heavy atom. The summed E-state index contributed by atoms with van der Waals surface area (Å²) in [7, 11) is 3.19. The second kappa shape index (κ2) is 9.78. The number of amides is 1. The predicted molar refractivity (Wildman–Crippen MR) is 97.0 cm³/mol. The standard InChI is InChI=1S/C19H24N2O4/c1-23-12-11-14-3-7-16(8-4-14)25-17-9-5-15(6-10-17)21-19(22)18(20)13-24-2/h3-10,18H,11-13,20H2,1-2H3,(H,21,22). The van der Waals surface area contributed by atoms with E-state index in [2.05, 4.69) is 5.32 Å². The van der Waals surface area contributed by atoms with Gasteiger partial charge in [-0.2, -0.15) is 0 Å². The first kappa shape index (κ1) is 18.9. The molecule has 0 aliphatic rings. The van der Waals surface area contributed by atoms with Gasteiger partial charge < -0.3 is 25.3 Å². The molecule has 0 aliphatic carbocycles. The van der Waals surface area contributed by atoms with Crippen LogP contribution in [-0.2, 0) is 20.7 Å². The Hall–Kier alpha value is -2.41. The van der Waals surface area contributed by atoms with Crippen LogP contribution in [0.25, 0.3) is 0 Å². The van der Waals surface area contributed by atoms with Crippen molar-refractivity contribution >= 4 is 11.6 Å². The number of nitrogens with one attached hydrogen (secondary N) is 1. The molecule has 25 heavy (non-hydrogen) atoms. The molecule has 0 fully saturated rings. The molecule has 2 aromatic rings. The van der Waals surface area contributed by atoms with Gasteiger partial charge in [-0.15, -0.1) is 0 Å². The second-order valence-electron chi connectivity index (χ2n) is 5.56. The number of ether oxygens (including phenoxy) is 3. The number of hydrogen-bond acceptors (Lipinski definition) is 5. The van der Waals surface area contributed by atoms with Crippen LogP contribution in [0, 0.1) is 0 Å². The lowest BCUT2D eigenvalue weighted by Crippen LogP contribution is -2.39. The van der Waals surface area contributed by atoms with Crippen molar-refractivity contribution in [2.45, 2.75) is 12.5 Å². The summed E-state index contributed by atoms with van der Waals surface area (Å²) in [4.78, 5) is 11.8. The van der Waals surface area contributed by atoms with E-state index in [0.29, 0.717) is 18.0 Å². The molecular formula is C19H24N2O4. The maximum absolute atomic E-state index is 11.8. The minimum absolute atomic E-state index is 0.174. The highest BCUT2D eigenvalue weighted by Gasteiger charge is 2.12. The van der Waals surface area contributed by atoms with Crippen LogP contribution in [0.3, 0.4) is 0 Å². The summed E-state index contributed by atoms with van der Waals surface area (Å²) in [5.74, 6) is 1.14. The van der Waals surface area contributed by atoms with E-state index in [1.54, 1.807) is 31.4 Å². The number of carbonyl (C=O) groups excluding carboxylic acids is 1. The van der Waals surface area contributed by atoms with Gasteiger partial charge in [-0.3, -0.25) is 4.79 Å². The summed E-state index contributed by atoms with van der Waals surface area (Å²) in [6.07, 6.45) is 0.871. The fraction of sp³-hybridized carbons (Fsp3) is 0.316. The summed E-state index contributed by atoms with van der Waals surface area (Å²) >= 11 is 0. The van der Waals surface area contributed by atoms with Crippen LogP contribution in [0.4, 0.5) is 5.69 Å². The molecule has 134 valence electrons. The van der Waals surface area contributed by atoms with Crippen molar-refractivity contribution in [1.29, 1.82) is 0 Å². The maximum atomic E-state index is 11.8. The molecule has 2 rings (SSSR count). The Bertz CT molecular complexity index is 656. The predicted octanol–water partition coefficient (Wildman–Crippen LogP) is 2.58. The van der Waals surface area contributed by atoms with Gasteiger partial charge in [-0.1, -0.05) is 12.1 Å². The van der Waals surface area contributed by atoms with E-state index in [9.17, 15) is 4.79 Å². The van der Waals surface area contributed by atoms with E-state index in [4.69, 9.17) is 19.9 Å². The van der Waals surface area contributed by atoms with Crippen LogP contribution < -0.4 is 15.8 Å². The van der Waals surface area contributed by atoms with Crippen molar-refractivity contribution in [3.05, 3.63) is 54.1 Å². The molecule has 0 spiro atoms. The first-order valence-electron chi connectivity index (χ1n) is 8.03. The van der Waals surface area contributed by atoms with E-state index >= 15 is 0 Å². The molecule has 0 saturated carbocycles. The number of carbonyl (C=O) groups is 1. The van der Waals surface area contributed by atoms with Gasteiger partial charge in [0.1, 0.15) is 17.5 Å². The zero-order valence-corrected chi connectivity index (χ0v) is 14.5. The molecule has 0 aromatic heterocycles. The number of methoxy groups -OCH3 is 2. The Kier molecular flexibility index (Phi) is 7.40. The summed E-state index contributed by atoms with van der Waals surface area (Å²) in [5, 5.41) is 2.73. The van der Waals surface area contributed by atoms with Crippen LogP contribution >= 0.6 is 0 Å². The van der Waals surface area contributed by atoms with Gasteiger partial charge in [0.2, 0.25) is 5.91 Å². The molecule has 3 N–H and O–H groups in total. The molecule has 1 amide bonds. The number of anilines is 1. The Morgan fingerprint density at radius 3 is 2.16 bits per heavy atom. The van der Waals surface area contributed by atoms with Crippen molar-refractivity contribution < 1.29 is 19.0 Å². The number of rotatable bonds is 9. The SMILES string of the molecule is COCCc1ccc(Oc2ccc(NC(=O)C(N)COC)cc2)cc1. The average Bonchev–Trinajstić information content (AvgIpc) is 2.63. The lowest BCUT2D eigenvalue weighted by molar-refractivity contribution is -0.118. The first-order valence-corrected chi connectivity index (χ1v) is 8.03. The maximum Gasteiger partial charge on any atom is 0.243 e. The second-order valence-corrected chi connectivity index (χ2v) is 5.56. The van der Waals surface area contributed by atoms with E-state index in [1.807, 2.05) is 24.3 Å². The third-order valence-corrected chi connectivity index (χ3v) is 3.56. The van der Waals surface area contributed by atoms with Gasteiger partial charge in [0.25, 0.3) is 0 Å². The number of benzene rings is 2. The molecule has 6 nitrogen and oxygen atoms in total. The van der Waals surface area contributed by atoms with Gasteiger partial charge in [-0.05, 0) is 48.4 Å². The number of nitrogens with two attached hydrogens (primary N) is 1. The van der Waals surface area contributed by atoms with E-state index in [1.165, 1.54) is 12.7 Å². The molecule has 0 radical (unpaired) electrons. The van der Waals surface area contributed by atoms with Gasteiger partial charge >= 0.3 is 0 Å². The van der Waals surface area contributed by atoms with Gasteiger partial charge in [0.15, 0.2) is 0 Å². The highest BCUT2D eigenvalue weighted by molar-refractivity contribution is 5.94. The molecule has 2 aromatic carbocycles. The lowest BCUT2D eigenvalue weighted by atomic mass is 10.1. The molecule has 1 atom stereocenters. The zero-order chi connectivity index (χ0) is 18.1. The van der Waals surface area contributed by atoms with Crippen molar-refractivity contribution in [1.82, 2.24) is 0 Å². The largest absolute Gasteiger partial charge is 0.457 e. The molecule has 1 unspecified atom stereocenters. The van der Waals surface area contributed by atoms with Crippen LogP contribution in [0.2, 0.25) is 0 Å². The molecule has 0 aliphatic heterocycles. The highest BCUT2D eigenvalue weighted by Crippen LogP contribution is 2.23. The van der Waals surface area contributed by atoms with E-state index < -0.39 is 6.04 Å². The lowest BCUT2D eigenvalue weighted by Gasteiger charge is -2.12. The van der Waals surface area contributed by atoms with Crippen molar-refractivity contribution in [3.63, 3.8) is 0 Å². The van der Waals surface area contributed by atoms with Crippen LogP contribution in [-0.4, -0.2) is 39.4 Å². The smallest absolute Gasteiger partial charge is 0.243 e. The Morgan fingerprint density at radius 1 is 1.00 bits per heavy atom. The number of hydrogen-bond donors (Lipinski definition) is 2. The van der Waals surface area contributed by atoms with Crippen LogP contribution in [0.15, 0.2) is 48.5 Å². The zero-order valence-electron chi connectivity index (χ0n) is 14.5. The van der Waals surface area contributed by atoms with Crippen LogP contribution in [0.1, 0.15) is 5.56 Å². The monoisotopic (exact) mass is 344 g/mol. The van der Waals surface area contributed by atoms with Gasteiger partial charge in [-0.25, -0.2) is 0 Å². The van der Waals surface area contributed by atoms with Crippen LogP contribution in [0.5, 0.6) is 11.5 Å². The van der Waals surface area contributed by atoms with E-state index in [-0.39, 0.29) is 12.5 Å². The normalized spacial score (nSPS) is 11.8. The summed E-state index contributed by atoms with van der Waals surface area (Å²) < 4.78 is 15.7. The summed E-state index contributed by atoms with van der Waals surface area (Å²) in [6, 6.07) is 14.3. The quantitative estimate of drug-likeness (QED) is 0.730. The highest BCUT2D eigenvalue weighted by atomic mass is 16.5. The topological polar surface area (TPSA) is 82.8 Å². The average molecular weight is 344 g/mol. The third-order valence-electron chi connectivity index (χ3n) is 3.56. The van der Waals surface area contributed by atoms with Crippen molar-refractivity contribution in [3.8, 4) is 11.5 Å². The minimum atomic E-state index is -0.697. The van der Waals surface area contributed by atoms with Gasteiger partial charge in [0, 0.05) is 19.9 Å². The fourth-order valence-electron chi connectivity index (χ4n) is 2.18. The Balaban J connectivity index is 1.90. The molecule has 0 bridgehead atoms. The third kappa shape index (κ3) is 6.19. The molecule has 0 saturated heterocycles. The van der Waals surface area contributed by atoms with Crippen molar-refractivity contribution in [2.24, 2.45) is 5.73 Å². The molecule has 0 heterocycles. The van der Waals surface area contributed by atoms with Crippen molar-refractivity contribution in [2.75, 3.05) is 32.8 Å². The molecular weight excluding hydrogens is 320 g/mol. The van der Waals surface area contributed by atoms with Gasteiger partial charge in [0.05, 0.1) is 13.2 Å².